The van der Waals surface area contributed by atoms with Gasteiger partial charge in [-0.2, -0.15) is 0 Å². The molecule has 5 heteroatoms. The fourth-order valence-corrected chi connectivity index (χ4v) is 1.61. The van der Waals surface area contributed by atoms with E-state index in [1.54, 1.807) is 14.2 Å². The van der Waals surface area contributed by atoms with Crippen molar-refractivity contribution >= 4 is 21.8 Å². The van der Waals surface area contributed by atoms with Crippen LogP contribution in [0.25, 0.3) is 0 Å². The second-order valence-corrected chi connectivity index (χ2v) is 4.20. The topological polar surface area (TPSA) is 29.5 Å². The highest BCUT2D eigenvalue weighted by Crippen LogP contribution is 2.19. The molecule has 3 nitrogen and oxygen atoms in total. The van der Waals surface area contributed by atoms with Crippen molar-refractivity contribution in [3.8, 4) is 0 Å². The van der Waals surface area contributed by atoms with Crippen molar-refractivity contribution in [2.75, 3.05) is 27.3 Å². The number of nitrogens with zero attached hydrogens (tertiary/aromatic N) is 1. The molecule has 16 heavy (non-hydrogen) atoms. The van der Waals surface area contributed by atoms with Crippen LogP contribution in [0.3, 0.4) is 0 Å². The Labute approximate surface area is 102 Å². The lowest BCUT2D eigenvalue weighted by Gasteiger charge is -2.17. The summed E-state index contributed by atoms with van der Waals surface area (Å²) in [6, 6.07) is 4.04. The molecule has 1 amide bonds. The number of methoxy groups -OCH3 is 1. The minimum absolute atomic E-state index is 0.233. The molecule has 0 saturated carbocycles. The molecule has 1 aromatic rings. The Balaban J connectivity index is 2.83. The van der Waals surface area contributed by atoms with E-state index in [-0.39, 0.29) is 5.91 Å². The van der Waals surface area contributed by atoms with Crippen molar-refractivity contribution in [2.45, 2.75) is 0 Å². The molecule has 0 aliphatic heterocycles. The zero-order valence-corrected chi connectivity index (χ0v) is 10.8. The SMILES string of the molecule is COCCN(C)C(=O)c1cc(F)ccc1Br. The molecule has 0 heterocycles. The minimum Gasteiger partial charge on any atom is -0.383 e. The monoisotopic (exact) mass is 289 g/mol. The van der Waals surface area contributed by atoms with Crippen LogP contribution in [0.15, 0.2) is 22.7 Å². The molecule has 0 radical (unpaired) electrons. The van der Waals surface area contributed by atoms with Crippen LogP contribution in [0.2, 0.25) is 0 Å². The van der Waals surface area contributed by atoms with E-state index in [0.717, 1.165) is 0 Å². The predicted molar refractivity (Wildman–Crippen MR) is 62.9 cm³/mol. The van der Waals surface area contributed by atoms with Crippen LogP contribution in [0.4, 0.5) is 4.39 Å². The molecule has 0 unspecified atom stereocenters. The third kappa shape index (κ3) is 3.28. The Kier molecular flexibility index (Phi) is 4.89. The van der Waals surface area contributed by atoms with Crippen LogP contribution in [0, 0.1) is 5.82 Å². The quantitative estimate of drug-likeness (QED) is 0.851. The van der Waals surface area contributed by atoms with Crippen molar-refractivity contribution in [3.05, 3.63) is 34.1 Å². The number of hydrogen-bond donors (Lipinski definition) is 0. The van der Waals surface area contributed by atoms with Crippen molar-refractivity contribution in [3.63, 3.8) is 0 Å². The molecular weight excluding hydrogens is 277 g/mol. The van der Waals surface area contributed by atoms with Gasteiger partial charge in [0, 0.05) is 25.2 Å². The van der Waals surface area contributed by atoms with Crippen LogP contribution in [0.5, 0.6) is 0 Å². The van der Waals surface area contributed by atoms with E-state index in [9.17, 15) is 9.18 Å². The van der Waals surface area contributed by atoms with E-state index in [4.69, 9.17) is 4.74 Å². The van der Waals surface area contributed by atoms with E-state index < -0.39 is 5.82 Å². The van der Waals surface area contributed by atoms with Crippen molar-refractivity contribution in [1.29, 1.82) is 0 Å². The number of halogens is 2. The van der Waals surface area contributed by atoms with Gasteiger partial charge in [-0.25, -0.2) is 4.39 Å². The first-order valence-corrected chi connectivity index (χ1v) is 5.55. The van der Waals surface area contributed by atoms with E-state index in [0.29, 0.717) is 23.2 Å². The lowest BCUT2D eigenvalue weighted by Crippen LogP contribution is -2.30. The van der Waals surface area contributed by atoms with Gasteiger partial charge in [-0.3, -0.25) is 4.79 Å². The highest BCUT2D eigenvalue weighted by atomic mass is 79.9. The lowest BCUT2D eigenvalue weighted by molar-refractivity contribution is 0.0743. The summed E-state index contributed by atoms with van der Waals surface area (Å²) >= 11 is 3.22. The zero-order valence-electron chi connectivity index (χ0n) is 9.17. The second-order valence-electron chi connectivity index (χ2n) is 3.34. The highest BCUT2D eigenvalue weighted by molar-refractivity contribution is 9.10. The largest absolute Gasteiger partial charge is 0.383 e. The molecule has 1 rings (SSSR count). The van der Waals surface area contributed by atoms with Crippen molar-refractivity contribution < 1.29 is 13.9 Å². The summed E-state index contributed by atoms with van der Waals surface area (Å²) in [5.41, 5.74) is 0.318. The fourth-order valence-electron chi connectivity index (χ4n) is 1.20. The third-order valence-electron chi connectivity index (χ3n) is 2.14. The lowest BCUT2D eigenvalue weighted by atomic mass is 10.2. The molecule has 0 aliphatic rings. The average molecular weight is 290 g/mol. The molecule has 0 atom stereocenters. The number of ether oxygens (including phenoxy) is 1. The molecule has 0 bridgehead atoms. The second kappa shape index (κ2) is 5.96. The predicted octanol–water partition coefficient (Wildman–Crippen LogP) is 2.31. The summed E-state index contributed by atoms with van der Waals surface area (Å²) < 4.78 is 18.5. The van der Waals surface area contributed by atoms with Crippen molar-refractivity contribution in [1.82, 2.24) is 4.90 Å². The number of hydrogen-bond acceptors (Lipinski definition) is 2. The summed E-state index contributed by atoms with van der Waals surface area (Å²) in [6.07, 6.45) is 0. The summed E-state index contributed by atoms with van der Waals surface area (Å²) in [6.45, 7) is 0.924. The average Bonchev–Trinajstić information content (AvgIpc) is 2.28. The zero-order chi connectivity index (χ0) is 12.1. The summed E-state index contributed by atoms with van der Waals surface area (Å²) in [7, 11) is 3.22. The van der Waals surface area contributed by atoms with E-state index in [2.05, 4.69) is 15.9 Å². The highest BCUT2D eigenvalue weighted by Gasteiger charge is 2.15. The number of benzene rings is 1. The van der Waals surface area contributed by atoms with E-state index in [1.807, 2.05) is 0 Å². The minimum atomic E-state index is -0.424. The van der Waals surface area contributed by atoms with Crippen LogP contribution in [-0.2, 0) is 4.74 Å². The number of carbonyl (C=O) groups excluding carboxylic acids is 1. The molecule has 0 spiro atoms. The van der Waals surface area contributed by atoms with Gasteiger partial charge in [-0.15, -0.1) is 0 Å². The fraction of sp³-hybridized carbons (Fsp3) is 0.364. The third-order valence-corrected chi connectivity index (χ3v) is 2.83. The van der Waals surface area contributed by atoms with Crippen LogP contribution in [0.1, 0.15) is 10.4 Å². The Morgan fingerprint density at radius 2 is 2.25 bits per heavy atom. The first kappa shape index (κ1) is 13.1. The number of rotatable bonds is 4. The van der Waals surface area contributed by atoms with Gasteiger partial charge in [0.05, 0.1) is 12.2 Å². The van der Waals surface area contributed by atoms with Crippen LogP contribution in [-0.4, -0.2) is 38.1 Å². The Morgan fingerprint density at radius 3 is 2.88 bits per heavy atom. The van der Waals surface area contributed by atoms with Gasteiger partial charge in [0.15, 0.2) is 0 Å². The standard InChI is InChI=1S/C11H13BrFNO2/c1-14(5-6-16-2)11(15)9-7-8(13)3-4-10(9)12/h3-4,7H,5-6H2,1-2H3. The maximum absolute atomic E-state index is 13.0. The van der Waals surface area contributed by atoms with E-state index >= 15 is 0 Å². The number of amides is 1. The van der Waals surface area contributed by atoms with Crippen molar-refractivity contribution in [2.24, 2.45) is 0 Å². The molecule has 88 valence electrons. The van der Waals surface area contributed by atoms with Gasteiger partial charge in [-0.1, -0.05) is 0 Å². The summed E-state index contributed by atoms with van der Waals surface area (Å²) in [5, 5.41) is 0. The maximum Gasteiger partial charge on any atom is 0.254 e. The molecular formula is C11H13BrFNO2. The summed E-state index contributed by atoms with van der Waals surface area (Å²) in [4.78, 5) is 13.4. The Hall–Kier alpha value is -0.940. The summed E-state index contributed by atoms with van der Waals surface area (Å²) in [5.74, 6) is -0.657. The molecule has 0 saturated heterocycles. The molecule has 0 aromatic heterocycles. The smallest absolute Gasteiger partial charge is 0.254 e. The Morgan fingerprint density at radius 1 is 1.56 bits per heavy atom. The van der Waals surface area contributed by atoms with Crippen LogP contribution < -0.4 is 0 Å². The van der Waals surface area contributed by atoms with Gasteiger partial charge in [0.25, 0.3) is 5.91 Å². The molecule has 0 N–H and O–H groups in total. The number of likely N-dealkylation sites (N-methyl/N-ethyl adjacent to an activating group) is 1. The van der Waals surface area contributed by atoms with Gasteiger partial charge >= 0.3 is 0 Å². The molecule has 0 fully saturated rings. The van der Waals surface area contributed by atoms with Gasteiger partial charge in [-0.05, 0) is 34.1 Å². The first-order valence-electron chi connectivity index (χ1n) is 4.75. The van der Waals surface area contributed by atoms with Gasteiger partial charge < -0.3 is 9.64 Å². The maximum atomic E-state index is 13.0. The molecule has 0 aliphatic carbocycles. The normalized spacial score (nSPS) is 10.2. The van der Waals surface area contributed by atoms with Crippen LogP contribution >= 0.6 is 15.9 Å². The Bertz CT molecular complexity index is 384. The van der Waals surface area contributed by atoms with Gasteiger partial charge in [0.1, 0.15) is 5.82 Å². The van der Waals surface area contributed by atoms with E-state index in [1.165, 1.54) is 23.1 Å². The number of carbonyl (C=O) groups is 1. The van der Waals surface area contributed by atoms with Gasteiger partial charge in [0.2, 0.25) is 0 Å². The first-order chi connectivity index (χ1) is 7.56. The molecule has 1 aromatic carbocycles.